The molecule has 4 fully saturated rings. The number of rotatable bonds is 6. The highest BCUT2D eigenvalue weighted by Crippen LogP contribution is 2.67. The first kappa shape index (κ1) is 29.1. The van der Waals surface area contributed by atoms with Gasteiger partial charge in [0.2, 0.25) is 0 Å². The minimum atomic E-state index is -0.883. The number of carboxylic acid groups (broad SMARTS) is 1. The summed E-state index contributed by atoms with van der Waals surface area (Å²) in [5.74, 6) is 4.57. The third-order valence-electron chi connectivity index (χ3n) is 11.7. The second kappa shape index (κ2) is 11.7. The molecule has 212 valence electrons. The second-order valence-corrected chi connectivity index (χ2v) is 14.4. The summed E-state index contributed by atoms with van der Waals surface area (Å²) in [4.78, 5) is 10.2. The number of aliphatic hydroxyl groups excluding tert-OH is 2. The molecule has 3 saturated carbocycles. The van der Waals surface area contributed by atoms with Crippen LogP contribution in [0, 0.1) is 46.3 Å². The van der Waals surface area contributed by atoms with Gasteiger partial charge in [-0.1, -0.05) is 65.5 Å². The molecule has 4 aliphatic carbocycles. The molecule has 37 heavy (non-hydrogen) atoms. The Morgan fingerprint density at radius 3 is 2.41 bits per heavy atom. The van der Waals surface area contributed by atoms with Crippen molar-refractivity contribution in [1.82, 2.24) is 5.32 Å². The number of nitrogens with one attached hydrogen (secondary N) is 1. The molecular formula is C32H55NO4. The maximum atomic E-state index is 10.2. The monoisotopic (exact) mass is 517 g/mol. The summed E-state index contributed by atoms with van der Waals surface area (Å²) in [7, 11) is 0. The number of aliphatic carboxylic acids is 1. The zero-order chi connectivity index (χ0) is 27.0. The summed E-state index contributed by atoms with van der Waals surface area (Å²) in [5, 5.41) is 30.0. The average Bonchev–Trinajstić information content (AvgIpc) is 3.43. The minimum absolute atomic E-state index is 0.0766. The van der Waals surface area contributed by atoms with E-state index in [4.69, 9.17) is 10.2 Å². The largest absolute Gasteiger partial charge is 0.480 e. The topological polar surface area (TPSA) is 89.8 Å². The van der Waals surface area contributed by atoms with Gasteiger partial charge in [-0.05, 0) is 97.7 Å². The van der Waals surface area contributed by atoms with Crippen molar-refractivity contribution in [2.75, 3.05) is 6.54 Å². The molecule has 0 bridgehead atoms. The lowest BCUT2D eigenvalue weighted by Gasteiger charge is -2.58. The highest BCUT2D eigenvalue weighted by Gasteiger charge is 2.59. The number of β-amino-alcohol motifs (C(OH)–C–C–N with tert-alkyl or cyclic N) is 1. The van der Waals surface area contributed by atoms with Gasteiger partial charge in [-0.3, -0.25) is 4.79 Å². The first-order valence-corrected chi connectivity index (χ1v) is 15.5. The smallest absolute Gasteiger partial charge is 0.320 e. The molecule has 1 aliphatic heterocycles. The van der Waals surface area contributed by atoms with E-state index in [0.717, 1.165) is 48.3 Å². The Kier molecular flexibility index (Phi) is 9.18. The number of hydrogen-bond acceptors (Lipinski definition) is 4. The van der Waals surface area contributed by atoms with E-state index in [-0.39, 0.29) is 6.10 Å². The van der Waals surface area contributed by atoms with Crippen molar-refractivity contribution in [2.45, 2.75) is 130 Å². The number of fused-ring (bicyclic) bond motifs is 5. The number of carbonyl (C=O) groups is 1. The normalized spacial score (nSPS) is 43.7. The molecular weight excluding hydrogens is 462 g/mol. The van der Waals surface area contributed by atoms with E-state index in [1.165, 1.54) is 57.8 Å². The Labute approximate surface area is 225 Å². The first-order chi connectivity index (χ1) is 17.5. The third kappa shape index (κ3) is 5.99. The summed E-state index contributed by atoms with van der Waals surface area (Å²) in [5.41, 5.74) is 2.60. The van der Waals surface area contributed by atoms with Gasteiger partial charge >= 0.3 is 5.97 Å². The molecule has 0 spiro atoms. The lowest BCUT2D eigenvalue weighted by Crippen LogP contribution is -2.50. The molecule has 10 atom stereocenters. The van der Waals surface area contributed by atoms with Crippen molar-refractivity contribution in [3.63, 3.8) is 0 Å². The lowest BCUT2D eigenvalue weighted by molar-refractivity contribution is -0.139. The predicted molar refractivity (Wildman–Crippen MR) is 149 cm³/mol. The molecule has 0 amide bonds. The van der Waals surface area contributed by atoms with Crippen molar-refractivity contribution in [3.8, 4) is 0 Å². The van der Waals surface area contributed by atoms with Crippen LogP contribution < -0.4 is 5.32 Å². The van der Waals surface area contributed by atoms with Gasteiger partial charge < -0.3 is 20.6 Å². The second-order valence-electron chi connectivity index (χ2n) is 14.4. The van der Waals surface area contributed by atoms with Crippen LogP contribution in [-0.2, 0) is 4.79 Å². The van der Waals surface area contributed by atoms with Crippen LogP contribution in [0.15, 0.2) is 11.6 Å². The third-order valence-corrected chi connectivity index (χ3v) is 11.7. The minimum Gasteiger partial charge on any atom is -0.480 e. The summed E-state index contributed by atoms with van der Waals surface area (Å²) >= 11 is 0. The number of aliphatic hydroxyl groups is 2. The maximum Gasteiger partial charge on any atom is 0.320 e. The number of allylic oxidation sites excluding steroid dienone is 1. The van der Waals surface area contributed by atoms with Crippen molar-refractivity contribution >= 4 is 5.97 Å². The van der Waals surface area contributed by atoms with E-state index in [2.05, 4.69) is 46.0 Å². The van der Waals surface area contributed by atoms with Gasteiger partial charge in [0.15, 0.2) is 0 Å². The number of carboxylic acids is 1. The van der Waals surface area contributed by atoms with Crippen LogP contribution in [0.3, 0.4) is 0 Å². The van der Waals surface area contributed by atoms with Gasteiger partial charge in [-0.2, -0.15) is 0 Å². The summed E-state index contributed by atoms with van der Waals surface area (Å²) in [6.45, 7) is 13.0. The molecule has 0 aromatic carbocycles. The Morgan fingerprint density at radius 2 is 1.78 bits per heavy atom. The fraction of sp³-hybridized carbons (Fsp3) is 0.906. The average molecular weight is 518 g/mol. The van der Waals surface area contributed by atoms with Crippen LogP contribution in [0.4, 0.5) is 0 Å². The van der Waals surface area contributed by atoms with E-state index in [1.807, 2.05) is 0 Å². The van der Waals surface area contributed by atoms with E-state index >= 15 is 0 Å². The molecule has 0 aromatic heterocycles. The maximum absolute atomic E-state index is 10.2. The van der Waals surface area contributed by atoms with Crippen molar-refractivity contribution in [1.29, 1.82) is 0 Å². The Hall–Kier alpha value is -0.910. The van der Waals surface area contributed by atoms with Gasteiger partial charge in [0.1, 0.15) is 6.04 Å². The van der Waals surface area contributed by atoms with E-state index in [9.17, 15) is 9.90 Å². The van der Waals surface area contributed by atoms with E-state index in [1.54, 1.807) is 5.57 Å². The van der Waals surface area contributed by atoms with Crippen molar-refractivity contribution in [2.24, 2.45) is 46.3 Å². The molecule has 0 aromatic rings. The van der Waals surface area contributed by atoms with Crippen LogP contribution in [0.2, 0.25) is 0 Å². The SMILES string of the molecule is CC(C)CCCC(C)[C@H]1CC[C@H]2[C@@H]3CC=C4C[C@@H](O)CC[C@]4(C)[C@H]3CC[C@]12C.O=C(O)[C@@H]1C[C@@H](O)CN1. The zero-order valence-electron chi connectivity index (χ0n) is 24.2. The Bertz CT molecular complexity index is 826. The molecule has 5 nitrogen and oxygen atoms in total. The Balaban J connectivity index is 0.000000301. The standard InChI is InChI=1S/C27H46O.C5H9NO3/c1-18(2)7-6-8-19(3)23-11-12-24-22-10-9-20-17-21(28)13-15-26(20,4)25(22)14-16-27(23,24)5;7-3-1-4(5(8)9)6-2-3/h9,18-19,21-25,28H,6-8,10-17H2,1-5H3;3-4,6-7H,1-2H2,(H,8,9)/t19?,21-,22-,23+,24-,25-,26-,27+;3-,4+/m01/s1. The quantitative estimate of drug-likeness (QED) is 0.316. The zero-order valence-corrected chi connectivity index (χ0v) is 24.2. The molecule has 5 heteroatoms. The molecule has 1 unspecified atom stereocenters. The van der Waals surface area contributed by atoms with E-state index < -0.39 is 18.1 Å². The van der Waals surface area contributed by atoms with Crippen LogP contribution in [0.5, 0.6) is 0 Å². The fourth-order valence-electron chi connectivity index (χ4n) is 9.57. The molecule has 1 heterocycles. The number of hydrogen-bond donors (Lipinski definition) is 4. The summed E-state index contributed by atoms with van der Waals surface area (Å²) in [6, 6.07) is -0.542. The van der Waals surface area contributed by atoms with Gasteiger partial charge in [-0.25, -0.2) is 0 Å². The van der Waals surface area contributed by atoms with Crippen LogP contribution in [0.25, 0.3) is 0 Å². The van der Waals surface area contributed by atoms with E-state index in [0.29, 0.717) is 23.8 Å². The fourth-order valence-corrected chi connectivity index (χ4v) is 9.57. The summed E-state index contributed by atoms with van der Waals surface area (Å²) < 4.78 is 0. The van der Waals surface area contributed by atoms with Gasteiger partial charge in [0, 0.05) is 13.0 Å². The predicted octanol–water partition coefficient (Wildman–Crippen LogP) is 6.18. The summed E-state index contributed by atoms with van der Waals surface area (Å²) in [6.07, 6.45) is 17.0. The molecule has 5 aliphatic rings. The van der Waals surface area contributed by atoms with Gasteiger partial charge in [0.25, 0.3) is 0 Å². The van der Waals surface area contributed by atoms with Crippen molar-refractivity contribution < 1.29 is 20.1 Å². The highest BCUT2D eigenvalue weighted by molar-refractivity contribution is 5.73. The van der Waals surface area contributed by atoms with Crippen LogP contribution >= 0.6 is 0 Å². The van der Waals surface area contributed by atoms with Crippen LogP contribution in [-0.4, -0.2) is 46.1 Å². The van der Waals surface area contributed by atoms with Crippen LogP contribution in [0.1, 0.15) is 112 Å². The van der Waals surface area contributed by atoms with Gasteiger partial charge in [-0.15, -0.1) is 0 Å². The molecule has 4 N–H and O–H groups in total. The lowest BCUT2D eigenvalue weighted by atomic mass is 9.47. The molecule has 5 rings (SSSR count). The first-order valence-electron chi connectivity index (χ1n) is 15.5. The molecule has 1 saturated heterocycles. The molecule has 0 radical (unpaired) electrons. The van der Waals surface area contributed by atoms with Crippen molar-refractivity contribution in [3.05, 3.63) is 11.6 Å². The highest BCUT2D eigenvalue weighted by atomic mass is 16.4. The Morgan fingerprint density at radius 1 is 1.03 bits per heavy atom. The van der Waals surface area contributed by atoms with Gasteiger partial charge in [0.05, 0.1) is 12.2 Å².